The van der Waals surface area contributed by atoms with Gasteiger partial charge in [0.1, 0.15) is 11.3 Å². The van der Waals surface area contributed by atoms with E-state index in [0.29, 0.717) is 5.58 Å². The van der Waals surface area contributed by atoms with Gasteiger partial charge < -0.3 is 9.52 Å². The second-order valence-corrected chi connectivity index (χ2v) is 4.47. The molecule has 0 unspecified atom stereocenters. The van der Waals surface area contributed by atoms with E-state index in [2.05, 4.69) is 6.58 Å². The van der Waals surface area contributed by atoms with E-state index in [1.54, 1.807) is 24.3 Å². The molecule has 94 valence electrons. The van der Waals surface area contributed by atoms with Crippen LogP contribution in [0.15, 0.2) is 46.1 Å². The lowest BCUT2D eigenvalue weighted by Crippen LogP contribution is -1.95. The number of phenolic OH excluding ortho intramolecular Hbond substituents is 1. The Morgan fingerprint density at radius 3 is 2.79 bits per heavy atom. The molecule has 2 aromatic carbocycles. The molecule has 0 fully saturated rings. The molecule has 0 atom stereocenters. The van der Waals surface area contributed by atoms with Crippen LogP contribution in [-0.2, 0) is 0 Å². The maximum atomic E-state index is 11.3. The van der Waals surface area contributed by atoms with Gasteiger partial charge in [0.2, 0.25) is 0 Å². The Bertz CT molecular complexity index is 872. The first-order valence-corrected chi connectivity index (χ1v) is 5.93. The van der Waals surface area contributed by atoms with Crippen LogP contribution < -0.4 is 5.63 Å². The fraction of sp³-hybridized carbons (Fsp3) is 0.0625. The van der Waals surface area contributed by atoms with Crippen LogP contribution in [0.1, 0.15) is 11.1 Å². The first-order valence-electron chi connectivity index (χ1n) is 5.93. The van der Waals surface area contributed by atoms with Crippen molar-refractivity contribution in [1.29, 1.82) is 0 Å². The average Bonchev–Trinajstić information content (AvgIpc) is 2.40. The maximum absolute atomic E-state index is 11.3. The van der Waals surface area contributed by atoms with Gasteiger partial charge in [0.25, 0.3) is 0 Å². The third-order valence-electron chi connectivity index (χ3n) is 3.39. The van der Waals surface area contributed by atoms with Crippen LogP contribution >= 0.6 is 0 Å². The molecule has 0 bridgehead atoms. The fourth-order valence-corrected chi connectivity index (χ4v) is 2.42. The highest BCUT2D eigenvalue weighted by Crippen LogP contribution is 2.34. The van der Waals surface area contributed by atoms with Gasteiger partial charge in [0.05, 0.1) is 0 Å². The number of aromatic hydroxyl groups is 1. The van der Waals surface area contributed by atoms with Crippen LogP contribution in [0.5, 0.6) is 5.75 Å². The summed E-state index contributed by atoms with van der Waals surface area (Å²) in [7, 11) is 0. The number of phenols is 1. The predicted octanol–water partition coefficient (Wildman–Crippen LogP) is 3.60. The van der Waals surface area contributed by atoms with Crippen molar-refractivity contribution in [3.8, 4) is 5.75 Å². The lowest BCUT2D eigenvalue weighted by atomic mass is 9.96. The second kappa shape index (κ2) is 3.99. The Morgan fingerprint density at radius 1 is 1.26 bits per heavy atom. The molecule has 0 radical (unpaired) electrons. The van der Waals surface area contributed by atoms with E-state index >= 15 is 0 Å². The van der Waals surface area contributed by atoms with Gasteiger partial charge in [-0.15, -0.1) is 0 Å². The predicted molar refractivity (Wildman–Crippen MR) is 76.5 cm³/mol. The number of hydrogen-bond acceptors (Lipinski definition) is 3. The summed E-state index contributed by atoms with van der Waals surface area (Å²) in [6.45, 7) is 5.64. The van der Waals surface area contributed by atoms with E-state index in [4.69, 9.17) is 4.42 Å². The fourth-order valence-electron chi connectivity index (χ4n) is 2.42. The van der Waals surface area contributed by atoms with Gasteiger partial charge in [0, 0.05) is 16.8 Å². The minimum absolute atomic E-state index is 0.235. The average molecular weight is 252 g/mol. The lowest BCUT2D eigenvalue weighted by Gasteiger charge is -2.11. The normalized spacial score (nSPS) is 11.0. The van der Waals surface area contributed by atoms with Crippen LogP contribution in [0.3, 0.4) is 0 Å². The topological polar surface area (TPSA) is 50.4 Å². The van der Waals surface area contributed by atoms with E-state index in [1.165, 1.54) is 6.07 Å². The zero-order valence-corrected chi connectivity index (χ0v) is 10.4. The van der Waals surface area contributed by atoms with Crippen LogP contribution in [-0.4, -0.2) is 5.11 Å². The van der Waals surface area contributed by atoms with Crippen LogP contribution in [0.2, 0.25) is 0 Å². The standard InChI is InChI=1S/C16H12O3/c1-3-11-9(2)13(17)8-10-4-6-14-12(16(10)11)5-7-15(18)19-14/h3-8,17H,1H2,2H3. The number of benzene rings is 2. The molecule has 0 aliphatic carbocycles. The SMILES string of the molecule is C=Cc1c(C)c(O)cc2ccc3oc(=O)ccc3c12. The molecule has 3 heteroatoms. The maximum Gasteiger partial charge on any atom is 0.336 e. The third kappa shape index (κ3) is 1.63. The number of rotatable bonds is 1. The molecule has 3 nitrogen and oxygen atoms in total. The van der Waals surface area contributed by atoms with Gasteiger partial charge in [0.15, 0.2) is 0 Å². The molecule has 1 aromatic heterocycles. The van der Waals surface area contributed by atoms with Crippen LogP contribution in [0.4, 0.5) is 0 Å². The second-order valence-electron chi connectivity index (χ2n) is 4.47. The molecule has 1 heterocycles. The molecule has 1 N–H and O–H groups in total. The van der Waals surface area contributed by atoms with E-state index in [1.807, 2.05) is 13.0 Å². The van der Waals surface area contributed by atoms with Crippen LogP contribution in [0.25, 0.3) is 27.8 Å². The van der Waals surface area contributed by atoms with Gasteiger partial charge in [-0.05, 0) is 41.6 Å². The highest BCUT2D eigenvalue weighted by atomic mass is 16.4. The van der Waals surface area contributed by atoms with Crippen molar-refractivity contribution in [2.45, 2.75) is 6.92 Å². The molecule has 0 amide bonds. The van der Waals surface area contributed by atoms with Crippen molar-refractivity contribution in [1.82, 2.24) is 0 Å². The van der Waals surface area contributed by atoms with Crippen molar-refractivity contribution in [2.75, 3.05) is 0 Å². The largest absolute Gasteiger partial charge is 0.508 e. The zero-order valence-electron chi connectivity index (χ0n) is 10.4. The van der Waals surface area contributed by atoms with Crippen molar-refractivity contribution in [3.05, 3.63) is 58.5 Å². The number of fused-ring (bicyclic) bond motifs is 3. The summed E-state index contributed by atoms with van der Waals surface area (Å²) in [5.41, 5.74) is 1.78. The first-order chi connectivity index (χ1) is 9.11. The molecule has 3 rings (SSSR count). The van der Waals surface area contributed by atoms with Crippen molar-refractivity contribution in [3.63, 3.8) is 0 Å². The van der Waals surface area contributed by atoms with E-state index < -0.39 is 0 Å². The van der Waals surface area contributed by atoms with E-state index in [9.17, 15) is 9.90 Å². The highest BCUT2D eigenvalue weighted by molar-refractivity contribution is 6.10. The highest BCUT2D eigenvalue weighted by Gasteiger charge is 2.11. The Balaban J connectivity index is 2.64. The summed E-state index contributed by atoms with van der Waals surface area (Å²) in [5, 5.41) is 12.6. The number of hydrogen-bond donors (Lipinski definition) is 1. The molecular formula is C16H12O3. The van der Waals surface area contributed by atoms with Gasteiger partial charge in [-0.1, -0.05) is 18.7 Å². The van der Waals surface area contributed by atoms with Crippen molar-refractivity contribution < 1.29 is 9.52 Å². The molecule has 0 saturated heterocycles. The molecule has 3 aromatic rings. The van der Waals surface area contributed by atoms with Crippen molar-refractivity contribution in [2.24, 2.45) is 0 Å². The molecule has 0 saturated carbocycles. The Labute approximate surface area is 109 Å². The Kier molecular flexibility index (Phi) is 2.42. The molecule has 19 heavy (non-hydrogen) atoms. The summed E-state index contributed by atoms with van der Waals surface area (Å²) < 4.78 is 5.19. The molecule has 0 spiro atoms. The molecule has 0 aliphatic rings. The summed E-state index contributed by atoms with van der Waals surface area (Å²) in [6, 6.07) is 8.42. The first kappa shape index (κ1) is 11.5. The van der Waals surface area contributed by atoms with Crippen LogP contribution in [0, 0.1) is 6.92 Å². The molecular weight excluding hydrogens is 240 g/mol. The van der Waals surface area contributed by atoms with E-state index in [0.717, 1.165) is 27.3 Å². The van der Waals surface area contributed by atoms with Gasteiger partial charge in [-0.2, -0.15) is 0 Å². The Morgan fingerprint density at radius 2 is 2.05 bits per heavy atom. The summed E-state index contributed by atoms with van der Waals surface area (Å²) in [4.78, 5) is 11.3. The van der Waals surface area contributed by atoms with Gasteiger partial charge in [-0.3, -0.25) is 0 Å². The minimum atomic E-state index is -0.373. The van der Waals surface area contributed by atoms with Crippen molar-refractivity contribution >= 4 is 27.8 Å². The molecule has 0 aliphatic heterocycles. The zero-order chi connectivity index (χ0) is 13.6. The third-order valence-corrected chi connectivity index (χ3v) is 3.39. The van der Waals surface area contributed by atoms with E-state index in [-0.39, 0.29) is 11.4 Å². The lowest BCUT2D eigenvalue weighted by molar-refractivity contribution is 0.472. The summed E-state index contributed by atoms with van der Waals surface area (Å²) in [5.74, 6) is 0.235. The summed E-state index contributed by atoms with van der Waals surface area (Å²) >= 11 is 0. The summed E-state index contributed by atoms with van der Waals surface area (Å²) in [6.07, 6.45) is 1.71. The van der Waals surface area contributed by atoms with Gasteiger partial charge >= 0.3 is 5.63 Å². The minimum Gasteiger partial charge on any atom is -0.508 e. The monoisotopic (exact) mass is 252 g/mol. The Hall–Kier alpha value is -2.55. The smallest absolute Gasteiger partial charge is 0.336 e. The van der Waals surface area contributed by atoms with Gasteiger partial charge in [-0.25, -0.2) is 4.79 Å². The quantitative estimate of drug-likeness (QED) is 0.531.